The molecule has 0 radical (unpaired) electrons. The molecule has 5 heteroatoms. The number of hydrogen-bond acceptors (Lipinski definition) is 3. The first kappa shape index (κ1) is 10.9. The monoisotopic (exact) mass is 237 g/mol. The number of carboxylic acid groups (broad SMARTS) is 1. The summed E-state index contributed by atoms with van der Waals surface area (Å²) in [5.41, 5.74) is -0.0222. The summed E-state index contributed by atoms with van der Waals surface area (Å²) in [6, 6.07) is 7.41. The van der Waals surface area contributed by atoms with E-state index < -0.39 is 5.97 Å². The number of rotatable bonds is 4. The van der Waals surface area contributed by atoms with Crippen molar-refractivity contribution in [3.05, 3.63) is 34.6 Å². The Labute approximate surface area is 95.9 Å². The zero-order valence-electron chi connectivity index (χ0n) is 8.55. The molecule has 0 aliphatic carbocycles. The van der Waals surface area contributed by atoms with Crippen LogP contribution in [-0.4, -0.2) is 15.0 Å². The highest BCUT2D eigenvalue weighted by Crippen LogP contribution is 2.16. The van der Waals surface area contributed by atoms with Crippen LogP contribution in [0.5, 0.6) is 0 Å². The van der Waals surface area contributed by atoms with Crippen molar-refractivity contribution in [2.45, 2.75) is 19.4 Å². The number of carboxylic acids is 1. The van der Waals surface area contributed by atoms with Crippen LogP contribution >= 0.6 is 11.5 Å². The fraction of sp³-hybridized carbons (Fsp3) is 0.273. The zero-order valence-corrected chi connectivity index (χ0v) is 9.37. The summed E-state index contributed by atoms with van der Waals surface area (Å²) in [6.45, 7) is 0.477. The highest BCUT2D eigenvalue weighted by Gasteiger charge is 2.06. The lowest BCUT2D eigenvalue weighted by Gasteiger charge is -1.96. The molecule has 0 spiro atoms. The number of carbonyl (C=O) groups is 1. The van der Waals surface area contributed by atoms with E-state index in [1.165, 1.54) is 11.5 Å². The van der Waals surface area contributed by atoms with Crippen molar-refractivity contribution in [3.63, 3.8) is 0 Å². The Kier molecular flexibility index (Phi) is 3.05. The van der Waals surface area contributed by atoms with Crippen molar-refractivity contribution >= 4 is 27.6 Å². The van der Waals surface area contributed by atoms with Gasteiger partial charge in [-0.05, 0) is 18.6 Å². The highest BCUT2D eigenvalue weighted by atomic mass is 32.1. The number of hydrogen-bond donors (Lipinski definition) is 1. The summed E-state index contributed by atoms with van der Waals surface area (Å²) in [7, 11) is 0. The van der Waals surface area contributed by atoms with Crippen molar-refractivity contribution in [1.29, 1.82) is 0 Å². The average Bonchev–Trinajstić information content (AvgIpc) is 2.56. The predicted octanol–water partition coefficient (Wildman–Crippen LogP) is 1.93. The Morgan fingerprint density at radius 3 is 2.81 bits per heavy atom. The van der Waals surface area contributed by atoms with Gasteiger partial charge in [0.05, 0.1) is 10.1 Å². The maximum absolute atomic E-state index is 11.8. The van der Waals surface area contributed by atoms with Crippen LogP contribution in [0.1, 0.15) is 12.8 Å². The summed E-state index contributed by atoms with van der Waals surface area (Å²) < 4.78 is 2.57. The molecular formula is C11H11NO3S. The van der Waals surface area contributed by atoms with Crippen molar-refractivity contribution in [3.8, 4) is 0 Å². The summed E-state index contributed by atoms with van der Waals surface area (Å²) >= 11 is 1.39. The van der Waals surface area contributed by atoms with E-state index in [1.807, 2.05) is 18.2 Å². The normalized spacial score (nSPS) is 10.8. The molecule has 1 aromatic carbocycles. The molecule has 4 nitrogen and oxygen atoms in total. The first-order chi connectivity index (χ1) is 7.68. The molecule has 0 atom stereocenters. The van der Waals surface area contributed by atoms with Crippen molar-refractivity contribution in [1.82, 2.24) is 3.96 Å². The minimum atomic E-state index is -0.825. The van der Waals surface area contributed by atoms with Gasteiger partial charge in [-0.1, -0.05) is 23.7 Å². The van der Waals surface area contributed by atoms with E-state index in [1.54, 1.807) is 10.0 Å². The molecule has 0 aliphatic heterocycles. The van der Waals surface area contributed by atoms with Crippen LogP contribution < -0.4 is 5.56 Å². The molecule has 0 bridgehead atoms. The number of aryl methyl sites for hydroxylation is 1. The smallest absolute Gasteiger partial charge is 0.303 e. The molecule has 0 amide bonds. The van der Waals surface area contributed by atoms with Gasteiger partial charge in [-0.3, -0.25) is 13.5 Å². The topological polar surface area (TPSA) is 59.3 Å². The van der Waals surface area contributed by atoms with Gasteiger partial charge in [-0.15, -0.1) is 0 Å². The SMILES string of the molecule is O=C(O)CCCn1sc2ccccc2c1=O. The molecule has 0 saturated carbocycles. The van der Waals surface area contributed by atoms with Gasteiger partial charge in [0, 0.05) is 13.0 Å². The van der Waals surface area contributed by atoms with Gasteiger partial charge < -0.3 is 5.11 Å². The predicted molar refractivity (Wildman–Crippen MR) is 63.0 cm³/mol. The van der Waals surface area contributed by atoms with E-state index in [0.29, 0.717) is 18.4 Å². The van der Waals surface area contributed by atoms with Gasteiger partial charge in [-0.2, -0.15) is 0 Å². The molecule has 2 aromatic rings. The highest BCUT2D eigenvalue weighted by molar-refractivity contribution is 7.13. The fourth-order valence-electron chi connectivity index (χ4n) is 1.54. The molecular weight excluding hydrogens is 226 g/mol. The third kappa shape index (κ3) is 2.14. The second kappa shape index (κ2) is 4.49. The number of aliphatic carboxylic acids is 1. The van der Waals surface area contributed by atoms with Crippen LogP contribution in [0.2, 0.25) is 0 Å². The Hall–Kier alpha value is -1.62. The lowest BCUT2D eigenvalue weighted by molar-refractivity contribution is -0.137. The minimum absolute atomic E-state index is 0.0222. The standard InChI is InChI=1S/C11H11NO3S/c13-10(14)6-3-7-12-11(15)8-4-1-2-5-9(8)16-12/h1-2,4-5H,3,6-7H2,(H,13,14). The van der Waals surface area contributed by atoms with Gasteiger partial charge in [0.2, 0.25) is 0 Å². The molecule has 16 heavy (non-hydrogen) atoms. The van der Waals surface area contributed by atoms with Crippen LogP contribution in [0.4, 0.5) is 0 Å². The van der Waals surface area contributed by atoms with Gasteiger partial charge >= 0.3 is 5.97 Å². The summed E-state index contributed by atoms with van der Waals surface area (Å²) in [5.74, 6) is -0.825. The molecule has 1 heterocycles. The Morgan fingerprint density at radius 2 is 2.12 bits per heavy atom. The van der Waals surface area contributed by atoms with Gasteiger partial charge in [0.15, 0.2) is 0 Å². The number of fused-ring (bicyclic) bond motifs is 1. The molecule has 1 N–H and O–H groups in total. The number of benzene rings is 1. The average molecular weight is 237 g/mol. The summed E-state index contributed by atoms with van der Waals surface area (Å²) in [6.07, 6.45) is 0.586. The quantitative estimate of drug-likeness (QED) is 0.883. The Bertz CT molecular complexity index is 570. The molecule has 0 aliphatic rings. The van der Waals surface area contributed by atoms with E-state index in [4.69, 9.17) is 5.11 Å². The molecule has 84 valence electrons. The van der Waals surface area contributed by atoms with Gasteiger partial charge in [-0.25, -0.2) is 0 Å². The first-order valence-electron chi connectivity index (χ1n) is 4.99. The Balaban J connectivity index is 2.22. The molecule has 0 saturated heterocycles. The molecule has 0 fully saturated rings. The van der Waals surface area contributed by atoms with Crippen LogP contribution in [0.25, 0.3) is 10.1 Å². The fourth-order valence-corrected chi connectivity index (χ4v) is 2.57. The molecule has 2 rings (SSSR count). The molecule has 0 unspecified atom stereocenters. The third-order valence-corrected chi connectivity index (χ3v) is 3.43. The van der Waals surface area contributed by atoms with Gasteiger partial charge in [0.1, 0.15) is 0 Å². The van der Waals surface area contributed by atoms with E-state index in [9.17, 15) is 9.59 Å². The van der Waals surface area contributed by atoms with Crippen LogP contribution in [-0.2, 0) is 11.3 Å². The maximum Gasteiger partial charge on any atom is 0.303 e. The largest absolute Gasteiger partial charge is 0.481 e. The van der Waals surface area contributed by atoms with E-state index in [-0.39, 0.29) is 12.0 Å². The second-order valence-corrected chi connectivity index (χ2v) is 4.56. The van der Waals surface area contributed by atoms with Gasteiger partial charge in [0.25, 0.3) is 5.56 Å². The molecule has 1 aromatic heterocycles. The minimum Gasteiger partial charge on any atom is -0.481 e. The van der Waals surface area contributed by atoms with E-state index >= 15 is 0 Å². The maximum atomic E-state index is 11.8. The van der Waals surface area contributed by atoms with Crippen LogP contribution in [0.15, 0.2) is 29.1 Å². The van der Waals surface area contributed by atoms with E-state index in [2.05, 4.69) is 0 Å². The van der Waals surface area contributed by atoms with Crippen LogP contribution in [0, 0.1) is 0 Å². The van der Waals surface area contributed by atoms with E-state index in [0.717, 1.165) is 4.70 Å². The summed E-state index contributed by atoms with van der Waals surface area (Å²) in [4.78, 5) is 22.2. The van der Waals surface area contributed by atoms with Crippen molar-refractivity contribution in [2.75, 3.05) is 0 Å². The number of aromatic nitrogens is 1. The van der Waals surface area contributed by atoms with Crippen molar-refractivity contribution < 1.29 is 9.90 Å². The van der Waals surface area contributed by atoms with Crippen molar-refractivity contribution in [2.24, 2.45) is 0 Å². The lowest BCUT2D eigenvalue weighted by atomic mass is 10.3. The zero-order chi connectivity index (χ0) is 11.5. The first-order valence-corrected chi connectivity index (χ1v) is 5.76. The van der Waals surface area contributed by atoms with Crippen LogP contribution in [0.3, 0.4) is 0 Å². The third-order valence-electron chi connectivity index (χ3n) is 2.30. The Morgan fingerprint density at radius 1 is 1.38 bits per heavy atom. The summed E-state index contributed by atoms with van der Waals surface area (Å²) in [5, 5.41) is 9.23. The second-order valence-electron chi connectivity index (χ2n) is 3.49. The number of nitrogens with zero attached hydrogens (tertiary/aromatic N) is 1. The lowest BCUT2D eigenvalue weighted by Crippen LogP contribution is -2.13.